The summed E-state index contributed by atoms with van der Waals surface area (Å²) in [5.41, 5.74) is 7.43. The van der Waals surface area contributed by atoms with Crippen molar-refractivity contribution in [2.45, 2.75) is 57.1 Å². The lowest BCUT2D eigenvalue weighted by molar-refractivity contribution is 0.529. The van der Waals surface area contributed by atoms with E-state index in [1.54, 1.807) is 23.5 Å². The third-order valence-electron chi connectivity index (χ3n) is 6.24. The van der Waals surface area contributed by atoms with E-state index in [4.69, 9.17) is 4.98 Å². The highest BCUT2D eigenvalue weighted by atomic mass is 32.2. The van der Waals surface area contributed by atoms with E-state index in [-0.39, 0.29) is 5.25 Å². The van der Waals surface area contributed by atoms with Gasteiger partial charge in [0.2, 0.25) is 0 Å². The maximum atomic E-state index is 13.0. The minimum atomic E-state index is -3.28. The lowest BCUT2D eigenvalue weighted by atomic mass is 9.96. The molecule has 2 aromatic carbocycles. The van der Waals surface area contributed by atoms with E-state index in [1.807, 2.05) is 19.1 Å². The molecule has 4 rings (SSSR count). The molecule has 0 aliphatic carbocycles. The number of thiazole rings is 1. The van der Waals surface area contributed by atoms with Crippen molar-refractivity contribution in [3.8, 4) is 0 Å². The summed E-state index contributed by atoms with van der Waals surface area (Å²) in [5.74, 6) is 0. The van der Waals surface area contributed by atoms with Crippen LogP contribution in [0.15, 0.2) is 46.7 Å². The molecule has 0 saturated carbocycles. The SMILES string of the molecule is Cc1ccc(S(=O)(=O)C2CCN(c3nc(Cc4c(C)cc(C)cc4C)cs3)CC2)cc1. The van der Waals surface area contributed by atoms with Crippen LogP contribution in [0, 0.1) is 27.7 Å². The zero-order valence-electron chi connectivity index (χ0n) is 18.7. The molecule has 0 radical (unpaired) electrons. The number of sulfone groups is 1. The highest BCUT2D eigenvalue weighted by Gasteiger charge is 2.32. The Labute approximate surface area is 189 Å². The van der Waals surface area contributed by atoms with Crippen LogP contribution in [0.3, 0.4) is 0 Å². The monoisotopic (exact) mass is 454 g/mol. The lowest BCUT2D eigenvalue weighted by Crippen LogP contribution is -2.39. The van der Waals surface area contributed by atoms with Gasteiger partial charge in [-0.05, 0) is 69.4 Å². The quantitative estimate of drug-likeness (QED) is 0.517. The number of rotatable bonds is 5. The van der Waals surface area contributed by atoms with Crippen LogP contribution in [0.1, 0.15) is 46.4 Å². The summed E-state index contributed by atoms with van der Waals surface area (Å²) in [6, 6.07) is 11.7. The highest BCUT2D eigenvalue weighted by molar-refractivity contribution is 7.92. The Morgan fingerprint density at radius 1 is 0.968 bits per heavy atom. The van der Waals surface area contributed by atoms with Gasteiger partial charge in [-0.3, -0.25) is 0 Å². The van der Waals surface area contributed by atoms with E-state index in [1.165, 1.54) is 22.3 Å². The van der Waals surface area contributed by atoms with Gasteiger partial charge in [-0.15, -0.1) is 11.3 Å². The largest absolute Gasteiger partial charge is 0.348 e. The zero-order valence-corrected chi connectivity index (χ0v) is 20.3. The second-order valence-electron chi connectivity index (χ2n) is 8.72. The van der Waals surface area contributed by atoms with Gasteiger partial charge < -0.3 is 4.90 Å². The fourth-order valence-electron chi connectivity index (χ4n) is 4.47. The van der Waals surface area contributed by atoms with Gasteiger partial charge in [-0.1, -0.05) is 35.4 Å². The first-order chi connectivity index (χ1) is 14.7. The Balaban J connectivity index is 1.42. The van der Waals surface area contributed by atoms with E-state index in [9.17, 15) is 8.42 Å². The second kappa shape index (κ2) is 8.75. The smallest absolute Gasteiger partial charge is 0.185 e. The van der Waals surface area contributed by atoms with Crippen molar-refractivity contribution in [3.05, 3.63) is 75.3 Å². The average Bonchev–Trinajstić information content (AvgIpc) is 3.20. The summed E-state index contributed by atoms with van der Waals surface area (Å²) >= 11 is 1.66. The number of aromatic nitrogens is 1. The number of benzene rings is 2. The molecular formula is C25H30N2O2S2. The van der Waals surface area contributed by atoms with E-state index in [2.05, 4.69) is 43.2 Å². The van der Waals surface area contributed by atoms with Gasteiger partial charge in [0.1, 0.15) is 0 Å². The fraction of sp³-hybridized carbons (Fsp3) is 0.400. The lowest BCUT2D eigenvalue weighted by Gasteiger charge is -2.31. The summed E-state index contributed by atoms with van der Waals surface area (Å²) in [6.07, 6.45) is 2.12. The van der Waals surface area contributed by atoms with Crippen LogP contribution in [0.4, 0.5) is 5.13 Å². The van der Waals surface area contributed by atoms with Gasteiger partial charge in [0.05, 0.1) is 15.8 Å². The average molecular weight is 455 g/mol. The molecule has 0 unspecified atom stereocenters. The van der Waals surface area contributed by atoms with Crippen molar-refractivity contribution in [2.24, 2.45) is 0 Å². The Kier molecular flexibility index (Phi) is 6.22. The molecular weight excluding hydrogens is 424 g/mol. The van der Waals surface area contributed by atoms with Crippen molar-refractivity contribution in [3.63, 3.8) is 0 Å². The molecule has 1 aliphatic heterocycles. The summed E-state index contributed by atoms with van der Waals surface area (Å²) in [4.78, 5) is 7.57. The number of hydrogen-bond donors (Lipinski definition) is 0. The van der Waals surface area contributed by atoms with E-state index in [0.717, 1.165) is 35.9 Å². The summed E-state index contributed by atoms with van der Waals surface area (Å²) in [5, 5.41) is 2.83. The van der Waals surface area contributed by atoms with Gasteiger partial charge in [0.15, 0.2) is 15.0 Å². The molecule has 1 fully saturated rings. The van der Waals surface area contributed by atoms with E-state index < -0.39 is 9.84 Å². The van der Waals surface area contributed by atoms with Crippen molar-refractivity contribution in [1.29, 1.82) is 0 Å². The van der Waals surface area contributed by atoms with Gasteiger partial charge in [0.25, 0.3) is 0 Å². The molecule has 4 nitrogen and oxygen atoms in total. The Bertz CT molecular complexity index is 1150. The predicted molar refractivity (Wildman–Crippen MR) is 129 cm³/mol. The molecule has 1 saturated heterocycles. The fourth-order valence-corrected chi connectivity index (χ4v) is 7.08. The maximum absolute atomic E-state index is 13.0. The summed E-state index contributed by atoms with van der Waals surface area (Å²) in [7, 11) is -3.28. The van der Waals surface area contributed by atoms with E-state index in [0.29, 0.717) is 17.7 Å². The van der Waals surface area contributed by atoms with Crippen molar-refractivity contribution >= 4 is 26.3 Å². The zero-order chi connectivity index (χ0) is 22.2. The van der Waals surface area contributed by atoms with Crippen LogP contribution in [0.5, 0.6) is 0 Å². The minimum Gasteiger partial charge on any atom is -0.348 e. The third-order valence-corrected chi connectivity index (χ3v) is 9.47. The summed E-state index contributed by atoms with van der Waals surface area (Å²) in [6.45, 7) is 9.90. The second-order valence-corrected chi connectivity index (χ2v) is 11.8. The van der Waals surface area contributed by atoms with Gasteiger partial charge >= 0.3 is 0 Å². The molecule has 6 heteroatoms. The van der Waals surface area contributed by atoms with Gasteiger partial charge in [-0.25, -0.2) is 13.4 Å². The molecule has 2 heterocycles. The molecule has 164 valence electrons. The molecule has 31 heavy (non-hydrogen) atoms. The number of nitrogens with zero attached hydrogens (tertiary/aromatic N) is 2. The van der Waals surface area contributed by atoms with Crippen LogP contribution in [0.25, 0.3) is 0 Å². The molecule has 0 spiro atoms. The Morgan fingerprint density at radius 2 is 1.58 bits per heavy atom. The third kappa shape index (κ3) is 4.70. The maximum Gasteiger partial charge on any atom is 0.185 e. The number of aryl methyl sites for hydroxylation is 4. The van der Waals surface area contributed by atoms with Crippen LogP contribution in [-0.2, 0) is 16.3 Å². The molecule has 3 aromatic rings. The first-order valence-corrected chi connectivity index (χ1v) is 13.2. The Morgan fingerprint density at radius 3 is 2.19 bits per heavy atom. The topological polar surface area (TPSA) is 50.3 Å². The molecule has 0 bridgehead atoms. The van der Waals surface area contributed by atoms with Gasteiger partial charge in [-0.2, -0.15) is 0 Å². The standard InChI is InChI=1S/C25H30N2O2S2/c1-17-5-7-22(8-6-17)31(28,29)23-9-11-27(12-10-23)25-26-21(16-30-25)15-24-19(3)13-18(2)14-20(24)4/h5-8,13-14,16,23H,9-12,15H2,1-4H3. The van der Waals surface area contributed by atoms with Crippen molar-refractivity contribution in [2.75, 3.05) is 18.0 Å². The van der Waals surface area contributed by atoms with Crippen LogP contribution >= 0.6 is 11.3 Å². The molecule has 1 aromatic heterocycles. The Hall–Kier alpha value is -2.18. The normalized spacial score (nSPS) is 15.4. The molecule has 1 aliphatic rings. The predicted octanol–water partition coefficient (Wildman–Crippen LogP) is 5.41. The molecule has 0 amide bonds. The first-order valence-electron chi connectivity index (χ1n) is 10.8. The number of piperidine rings is 1. The molecule has 0 atom stereocenters. The van der Waals surface area contributed by atoms with Crippen LogP contribution in [0.2, 0.25) is 0 Å². The van der Waals surface area contributed by atoms with Gasteiger partial charge in [0, 0.05) is 24.9 Å². The van der Waals surface area contributed by atoms with Crippen molar-refractivity contribution < 1.29 is 8.42 Å². The van der Waals surface area contributed by atoms with E-state index >= 15 is 0 Å². The number of anilines is 1. The first kappa shape index (κ1) is 22.0. The van der Waals surface area contributed by atoms with Crippen LogP contribution < -0.4 is 4.90 Å². The minimum absolute atomic E-state index is 0.316. The summed E-state index contributed by atoms with van der Waals surface area (Å²) < 4.78 is 26.0. The number of hydrogen-bond acceptors (Lipinski definition) is 5. The highest BCUT2D eigenvalue weighted by Crippen LogP contribution is 2.30. The molecule has 0 N–H and O–H groups in total. The van der Waals surface area contributed by atoms with Crippen molar-refractivity contribution in [1.82, 2.24) is 4.98 Å². The van der Waals surface area contributed by atoms with Crippen LogP contribution in [-0.4, -0.2) is 31.7 Å².